The van der Waals surface area contributed by atoms with Crippen LogP contribution < -0.4 is 5.32 Å². The van der Waals surface area contributed by atoms with Crippen molar-refractivity contribution in [3.8, 4) is 11.1 Å². The molecule has 0 radical (unpaired) electrons. The fourth-order valence-corrected chi connectivity index (χ4v) is 6.28. The molecule has 2 aliphatic carbocycles. The predicted octanol–water partition coefficient (Wildman–Crippen LogP) is 4.12. The van der Waals surface area contributed by atoms with Gasteiger partial charge in [0, 0.05) is 19.0 Å². The van der Waals surface area contributed by atoms with Crippen molar-refractivity contribution >= 4 is 18.0 Å². The molecule has 0 spiro atoms. The molecule has 7 heteroatoms. The Balaban J connectivity index is 1.24. The minimum Gasteiger partial charge on any atom is -0.481 e. The van der Waals surface area contributed by atoms with Gasteiger partial charge in [-0.15, -0.1) is 0 Å². The summed E-state index contributed by atoms with van der Waals surface area (Å²) in [7, 11) is 0. The number of hydrogen-bond acceptors (Lipinski definition) is 4. The van der Waals surface area contributed by atoms with E-state index in [2.05, 4.69) is 29.6 Å². The van der Waals surface area contributed by atoms with Gasteiger partial charge in [-0.1, -0.05) is 62.4 Å². The van der Waals surface area contributed by atoms with Crippen molar-refractivity contribution in [1.29, 1.82) is 0 Å². The molecule has 2 N–H and O–H groups in total. The van der Waals surface area contributed by atoms with E-state index < -0.39 is 18.1 Å². The maximum atomic E-state index is 13.4. The zero-order valence-electron chi connectivity index (χ0n) is 20.1. The van der Waals surface area contributed by atoms with E-state index in [0.29, 0.717) is 13.1 Å². The van der Waals surface area contributed by atoms with Gasteiger partial charge >= 0.3 is 12.1 Å². The summed E-state index contributed by atoms with van der Waals surface area (Å²) in [5.74, 6) is -1.50. The minimum absolute atomic E-state index is 0.0162. The van der Waals surface area contributed by atoms with E-state index in [9.17, 15) is 19.5 Å². The zero-order valence-corrected chi connectivity index (χ0v) is 20.1. The molecule has 7 nitrogen and oxygen atoms in total. The Morgan fingerprint density at radius 1 is 0.971 bits per heavy atom. The lowest BCUT2D eigenvalue weighted by Crippen LogP contribution is -2.55. The van der Waals surface area contributed by atoms with Gasteiger partial charge in [0.25, 0.3) is 0 Å². The molecule has 2 aromatic carbocycles. The molecule has 3 atom stereocenters. The van der Waals surface area contributed by atoms with Crippen LogP contribution in [0.1, 0.15) is 43.7 Å². The molecule has 1 saturated heterocycles. The summed E-state index contributed by atoms with van der Waals surface area (Å²) in [6.07, 6.45) is 1.05. The first-order valence-corrected chi connectivity index (χ1v) is 12.5. The molecule has 1 saturated carbocycles. The average molecular weight is 477 g/mol. The topological polar surface area (TPSA) is 95.9 Å². The van der Waals surface area contributed by atoms with Crippen molar-refractivity contribution in [1.82, 2.24) is 10.2 Å². The number of nitrogens with one attached hydrogen (secondary N) is 1. The molecule has 1 aliphatic heterocycles. The van der Waals surface area contributed by atoms with Crippen molar-refractivity contribution in [2.75, 3.05) is 19.7 Å². The molecule has 3 unspecified atom stereocenters. The quantitative estimate of drug-likeness (QED) is 0.654. The van der Waals surface area contributed by atoms with Crippen LogP contribution in [0.5, 0.6) is 0 Å². The smallest absolute Gasteiger partial charge is 0.407 e. The number of hydrogen-bond donors (Lipinski definition) is 2. The third-order valence-corrected chi connectivity index (χ3v) is 7.98. The number of amides is 2. The van der Waals surface area contributed by atoms with E-state index in [-0.39, 0.29) is 42.1 Å². The van der Waals surface area contributed by atoms with Crippen LogP contribution in [-0.4, -0.2) is 53.7 Å². The van der Waals surface area contributed by atoms with Crippen molar-refractivity contribution in [2.24, 2.45) is 23.7 Å². The third-order valence-electron chi connectivity index (χ3n) is 7.98. The van der Waals surface area contributed by atoms with Crippen molar-refractivity contribution in [3.05, 3.63) is 59.7 Å². The molecule has 5 rings (SSSR count). The number of alkyl carbamates (subject to hydrolysis) is 1. The number of carboxylic acid groups (broad SMARTS) is 1. The molecular weight excluding hydrogens is 444 g/mol. The molecule has 2 fully saturated rings. The van der Waals surface area contributed by atoms with Crippen LogP contribution in [0.2, 0.25) is 0 Å². The van der Waals surface area contributed by atoms with E-state index in [1.165, 1.54) is 0 Å². The summed E-state index contributed by atoms with van der Waals surface area (Å²) < 4.78 is 5.66. The largest absolute Gasteiger partial charge is 0.481 e. The number of carbonyl (C=O) groups is 3. The lowest BCUT2D eigenvalue weighted by Gasteiger charge is -2.38. The third kappa shape index (κ3) is 4.28. The van der Waals surface area contributed by atoms with Gasteiger partial charge in [-0.3, -0.25) is 9.59 Å². The average Bonchev–Trinajstić information content (AvgIpc) is 3.31. The Bertz CT molecular complexity index is 1090. The first-order chi connectivity index (χ1) is 16.8. The molecule has 0 aromatic heterocycles. The summed E-state index contributed by atoms with van der Waals surface area (Å²) >= 11 is 0. The second-order valence-electron chi connectivity index (χ2n) is 10.4. The number of rotatable bonds is 6. The van der Waals surface area contributed by atoms with Gasteiger partial charge in [-0.2, -0.15) is 0 Å². The van der Waals surface area contributed by atoms with Gasteiger partial charge in [0.2, 0.25) is 5.91 Å². The summed E-state index contributed by atoms with van der Waals surface area (Å²) in [4.78, 5) is 39.6. The van der Waals surface area contributed by atoms with E-state index in [4.69, 9.17) is 4.74 Å². The van der Waals surface area contributed by atoms with Gasteiger partial charge < -0.3 is 20.1 Å². The van der Waals surface area contributed by atoms with Crippen molar-refractivity contribution in [2.45, 2.75) is 38.6 Å². The lowest BCUT2D eigenvalue weighted by atomic mass is 9.84. The Morgan fingerprint density at radius 3 is 2.03 bits per heavy atom. The first kappa shape index (κ1) is 23.4. The van der Waals surface area contributed by atoms with Crippen LogP contribution in [0.25, 0.3) is 11.1 Å². The van der Waals surface area contributed by atoms with Crippen molar-refractivity contribution < 1.29 is 24.2 Å². The highest BCUT2D eigenvalue weighted by molar-refractivity contribution is 5.86. The number of benzene rings is 2. The van der Waals surface area contributed by atoms with Gasteiger partial charge in [-0.05, 0) is 52.8 Å². The van der Waals surface area contributed by atoms with Gasteiger partial charge in [0.15, 0.2) is 0 Å². The summed E-state index contributed by atoms with van der Waals surface area (Å²) in [6, 6.07) is 15.6. The molecule has 184 valence electrons. The van der Waals surface area contributed by atoms with E-state index in [1.807, 2.05) is 38.1 Å². The van der Waals surface area contributed by atoms with Crippen LogP contribution in [0, 0.1) is 23.7 Å². The van der Waals surface area contributed by atoms with Crippen LogP contribution in [0.3, 0.4) is 0 Å². The zero-order chi connectivity index (χ0) is 24.7. The molecule has 1 heterocycles. The monoisotopic (exact) mass is 476 g/mol. The second kappa shape index (κ2) is 9.36. The molecule has 35 heavy (non-hydrogen) atoms. The lowest BCUT2D eigenvalue weighted by molar-refractivity contribution is -0.150. The molecular formula is C28H32N2O5. The molecule has 2 bridgehead atoms. The maximum absolute atomic E-state index is 13.4. The number of piperidine rings is 1. The highest BCUT2D eigenvalue weighted by atomic mass is 16.5. The van der Waals surface area contributed by atoms with Gasteiger partial charge in [-0.25, -0.2) is 4.79 Å². The normalized spacial score (nSPS) is 23.5. The number of ether oxygens (including phenoxy) is 1. The summed E-state index contributed by atoms with van der Waals surface area (Å²) in [6.45, 7) is 4.84. The molecule has 2 amide bonds. The number of likely N-dealkylation sites (tertiary alicyclic amines) is 1. The second-order valence-corrected chi connectivity index (χ2v) is 10.4. The summed E-state index contributed by atoms with van der Waals surface area (Å²) in [5, 5.41) is 12.4. The fraction of sp³-hybridized carbons (Fsp3) is 0.464. The summed E-state index contributed by atoms with van der Waals surface area (Å²) in [5.41, 5.74) is 4.59. The Morgan fingerprint density at radius 2 is 1.51 bits per heavy atom. The fourth-order valence-electron chi connectivity index (χ4n) is 6.28. The van der Waals surface area contributed by atoms with Crippen molar-refractivity contribution in [3.63, 3.8) is 0 Å². The van der Waals surface area contributed by atoms with Crippen LogP contribution in [-0.2, 0) is 14.3 Å². The standard InChI is InChI=1S/C28H32N2O5/c1-16(2)25(26(31)30-13-17-11-12-18(14-30)24(17)27(32)33)29-28(34)35-15-23-21-9-5-3-7-19(21)20-8-4-6-10-22(20)23/h3-10,16-18,23-25H,11-15H2,1-2H3,(H,29,34)(H,32,33). The molecule has 2 aromatic rings. The number of aliphatic carboxylic acids is 1. The first-order valence-electron chi connectivity index (χ1n) is 12.5. The maximum Gasteiger partial charge on any atom is 0.407 e. The number of nitrogens with zero attached hydrogens (tertiary/aromatic N) is 1. The minimum atomic E-state index is -0.762. The van der Waals surface area contributed by atoms with E-state index in [1.54, 1.807) is 4.90 Å². The number of carbonyl (C=O) groups excluding carboxylic acids is 2. The number of fused-ring (bicyclic) bond motifs is 5. The SMILES string of the molecule is CC(C)C(NC(=O)OCC1c2ccccc2-c2ccccc21)C(=O)N1CC2CCC(C1)C2C(=O)O. The highest BCUT2D eigenvalue weighted by Gasteiger charge is 2.48. The molecule has 3 aliphatic rings. The number of carboxylic acids is 1. The Labute approximate surface area is 205 Å². The van der Waals surface area contributed by atoms with E-state index >= 15 is 0 Å². The Hall–Kier alpha value is -3.35. The van der Waals surface area contributed by atoms with Gasteiger partial charge in [0.05, 0.1) is 5.92 Å². The van der Waals surface area contributed by atoms with Crippen LogP contribution >= 0.6 is 0 Å². The van der Waals surface area contributed by atoms with Crippen LogP contribution in [0.4, 0.5) is 4.79 Å². The van der Waals surface area contributed by atoms with E-state index in [0.717, 1.165) is 35.1 Å². The predicted molar refractivity (Wildman–Crippen MR) is 131 cm³/mol. The van der Waals surface area contributed by atoms with Crippen LogP contribution in [0.15, 0.2) is 48.5 Å². The highest BCUT2D eigenvalue weighted by Crippen LogP contribution is 2.45. The van der Waals surface area contributed by atoms with Gasteiger partial charge in [0.1, 0.15) is 12.6 Å². The Kier molecular flexibility index (Phi) is 6.26.